The number of nitrogens with one attached hydrogen (secondary N) is 1. The topological polar surface area (TPSA) is 58.1 Å². The number of allylic oxidation sites excluding steroid dienone is 4. The van der Waals surface area contributed by atoms with Gasteiger partial charge in [0.15, 0.2) is 0 Å². The van der Waals surface area contributed by atoms with Gasteiger partial charge < -0.3 is 9.62 Å². The Labute approximate surface area is 153 Å². The summed E-state index contributed by atoms with van der Waals surface area (Å²) in [6, 6.07) is 0. The summed E-state index contributed by atoms with van der Waals surface area (Å²) in [4.78, 5) is 16.9. The van der Waals surface area contributed by atoms with E-state index in [4.69, 9.17) is 0 Å². The Kier molecular flexibility index (Phi) is 10.9. The second-order valence-corrected chi connectivity index (χ2v) is 7.22. The zero-order valence-corrected chi connectivity index (χ0v) is 16.0. The van der Waals surface area contributed by atoms with Crippen LogP contribution in [0, 0.1) is 0 Å². The molecule has 0 saturated heterocycles. The Morgan fingerprint density at radius 1 is 1.54 bits per heavy atom. The Bertz CT molecular complexity index is 529. The number of carbonyl (C=O) groups is 1. The number of rotatable bonds is 13. The Hall–Kier alpha value is -1.60. The van der Waals surface area contributed by atoms with Crippen LogP contribution in [-0.4, -0.2) is 39.0 Å². The first-order chi connectivity index (χ1) is 11.7. The summed E-state index contributed by atoms with van der Waals surface area (Å²) in [5.41, 5.74) is 1.22. The highest BCUT2D eigenvalue weighted by molar-refractivity contribution is 8.01. The van der Waals surface area contributed by atoms with E-state index in [-0.39, 0.29) is 0 Å². The number of carbonyl (C=O) groups excluding carboxylic acids is 1. The lowest BCUT2D eigenvalue weighted by molar-refractivity contribution is -0.118. The molecule has 1 unspecified atom stereocenters. The van der Waals surface area contributed by atoms with Crippen molar-refractivity contribution in [2.45, 2.75) is 38.4 Å². The third-order valence-corrected chi connectivity index (χ3v) is 4.73. The fourth-order valence-corrected chi connectivity index (χ4v) is 3.10. The van der Waals surface area contributed by atoms with Crippen LogP contribution in [0.4, 0.5) is 5.13 Å². The fraction of sp³-hybridized carbons (Fsp3) is 0.471. The van der Waals surface area contributed by atoms with Gasteiger partial charge in [0.25, 0.3) is 0 Å². The van der Waals surface area contributed by atoms with Crippen LogP contribution in [0.3, 0.4) is 0 Å². The molecule has 0 aromatic carbocycles. The van der Waals surface area contributed by atoms with E-state index in [1.54, 1.807) is 24.4 Å². The third-order valence-electron chi connectivity index (χ3n) is 3.18. The van der Waals surface area contributed by atoms with Crippen LogP contribution in [0.15, 0.2) is 42.8 Å². The molecular weight excluding hydrogens is 340 g/mol. The monoisotopic (exact) mass is 366 g/mol. The minimum Gasteiger partial charge on any atom is -0.345 e. The quantitative estimate of drug-likeness (QED) is 0.320. The van der Waals surface area contributed by atoms with Crippen molar-refractivity contribution in [3.63, 3.8) is 0 Å². The van der Waals surface area contributed by atoms with Crippen LogP contribution in [0.5, 0.6) is 0 Å². The summed E-state index contributed by atoms with van der Waals surface area (Å²) >= 11 is 2.94. The molecule has 0 saturated carbocycles. The van der Waals surface area contributed by atoms with Gasteiger partial charge in [-0.05, 0) is 43.7 Å². The van der Waals surface area contributed by atoms with Gasteiger partial charge in [-0.3, -0.25) is 4.79 Å². The molecule has 0 spiro atoms. The average Bonchev–Trinajstić information content (AvgIpc) is 3.10. The predicted octanol–water partition coefficient (Wildman–Crippen LogP) is 4.30. The lowest BCUT2D eigenvalue weighted by atomic mass is 10.1. The highest BCUT2D eigenvalue weighted by Crippen LogP contribution is 2.18. The molecule has 0 radical (unpaired) electrons. The summed E-state index contributed by atoms with van der Waals surface area (Å²) in [5, 5.41) is 1.11. The number of amides is 1. The first kappa shape index (κ1) is 20.4. The van der Waals surface area contributed by atoms with E-state index in [0.29, 0.717) is 5.25 Å². The molecule has 24 heavy (non-hydrogen) atoms. The molecule has 132 valence electrons. The van der Waals surface area contributed by atoms with Crippen molar-refractivity contribution in [3.8, 4) is 0 Å². The predicted molar refractivity (Wildman–Crippen MR) is 105 cm³/mol. The molecule has 7 heteroatoms. The van der Waals surface area contributed by atoms with Crippen LogP contribution in [-0.2, 0) is 4.79 Å². The summed E-state index contributed by atoms with van der Waals surface area (Å²) in [6.07, 6.45) is 13.5. The molecular formula is C17H26N4OS2. The van der Waals surface area contributed by atoms with Crippen LogP contribution in [0.1, 0.15) is 33.1 Å². The molecule has 5 nitrogen and oxygen atoms in total. The standard InChI is InChI=1S/C17H26N4OS2/c1-4-7-16(8-6-12-21(14-22)11-5-2)10-9-15(3)23-20-17-18-13-19-24-17/h4,7,9-10,13-15H,1,5-6,8,11-12H2,2-3H3,(H,18,19,20)/b10-9-,16-7-. The molecule has 1 rings (SSSR count). The van der Waals surface area contributed by atoms with Gasteiger partial charge in [0, 0.05) is 29.9 Å². The highest BCUT2D eigenvalue weighted by Gasteiger charge is 2.03. The molecule has 1 aromatic rings. The smallest absolute Gasteiger partial charge is 0.212 e. The molecule has 1 heterocycles. The minimum absolute atomic E-state index is 0.300. The molecule has 0 aliphatic carbocycles. The number of nitrogens with zero attached hydrogens (tertiary/aromatic N) is 3. The Balaban J connectivity index is 2.39. The van der Waals surface area contributed by atoms with Crippen molar-refractivity contribution in [2.24, 2.45) is 0 Å². The summed E-state index contributed by atoms with van der Waals surface area (Å²) in [7, 11) is 0. The summed E-state index contributed by atoms with van der Waals surface area (Å²) < 4.78 is 7.14. The van der Waals surface area contributed by atoms with Crippen molar-refractivity contribution < 1.29 is 4.79 Å². The maximum absolute atomic E-state index is 10.9. The molecule has 0 aliphatic heterocycles. The maximum atomic E-state index is 10.9. The second-order valence-electron chi connectivity index (χ2n) is 5.25. The molecule has 1 atom stereocenters. The highest BCUT2D eigenvalue weighted by atomic mass is 32.2. The molecule has 1 amide bonds. The number of aromatic nitrogens is 2. The zero-order valence-electron chi connectivity index (χ0n) is 14.4. The van der Waals surface area contributed by atoms with Gasteiger partial charge in [0.2, 0.25) is 11.5 Å². The lowest BCUT2D eigenvalue weighted by Crippen LogP contribution is -2.23. The van der Waals surface area contributed by atoms with Crippen LogP contribution in [0.25, 0.3) is 0 Å². The average molecular weight is 367 g/mol. The maximum Gasteiger partial charge on any atom is 0.212 e. The number of hydrogen-bond acceptors (Lipinski definition) is 6. The van der Waals surface area contributed by atoms with Gasteiger partial charge in [-0.15, -0.1) is 0 Å². The van der Waals surface area contributed by atoms with E-state index in [1.807, 2.05) is 11.0 Å². The van der Waals surface area contributed by atoms with E-state index in [9.17, 15) is 4.79 Å². The normalized spacial score (nSPS) is 13.0. The van der Waals surface area contributed by atoms with Gasteiger partial charge in [-0.25, -0.2) is 4.98 Å². The lowest BCUT2D eigenvalue weighted by Gasteiger charge is -2.16. The fourth-order valence-electron chi connectivity index (χ4n) is 2.02. The van der Waals surface area contributed by atoms with E-state index in [0.717, 1.165) is 43.9 Å². The largest absolute Gasteiger partial charge is 0.345 e. The van der Waals surface area contributed by atoms with Gasteiger partial charge in [-0.2, -0.15) is 4.37 Å². The van der Waals surface area contributed by atoms with E-state index < -0.39 is 0 Å². The third kappa shape index (κ3) is 8.88. The van der Waals surface area contributed by atoms with Gasteiger partial charge in [0.05, 0.1) is 0 Å². The van der Waals surface area contributed by atoms with E-state index in [1.165, 1.54) is 17.1 Å². The summed E-state index contributed by atoms with van der Waals surface area (Å²) in [6.45, 7) is 9.60. The molecule has 1 aromatic heterocycles. The van der Waals surface area contributed by atoms with Crippen molar-refractivity contribution in [3.05, 3.63) is 42.8 Å². The van der Waals surface area contributed by atoms with Gasteiger partial charge in [0.1, 0.15) is 6.33 Å². The molecule has 0 aliphatic rings. The van der Waals surface area contributed by atoms with Gasteiger partial charge >= 0.3 is 0 Å². The SMILES string of the molecule is C=C/C=C(\C=C/C(C)SNc1ncns1)CCCN(C=O)CCC. The Morgan fingerprint density at radius 3 is 3.00 bits per heavy atom. The van der Waals surface area contributed by atoms with Crippen LogP contribution in [0.2, 0.25) is 0 Å². The van der Waals surface area contributed by atoms with Crippen LogP contribution < -0.4 is 4.72 Å². The Morgan fingerprint density at radius 2 is 2.38 bits per heavy atom. The number of anilines is 1. The molecule has 0 fully saturated rings. The van der Waals surface area contributed by atoms with E-state index in [2.05, 4.69) is 46.7 Å². The molecule has 0 bridgehead atoms. The van der Waals surface area contributed by atoms with Crippen molar-refractivity contribution in [2.75, 3.05) is 17.8 Å². The van der Waals surface area contributed by atoms with Crippen LogP contribution >= 0.6 is 23.5 Å². The van der Waals surface area contributed by atoms with Crippen molar-refractivity contribution in [1.29, 1.82) is 0 Å². The van der Waals surface area contributed by atoms with Crippen molar-refractivity contribution in [1.82, 2.24) is 14.3 Å². The first-order valence-corrected chi connectivity index (χ1v) is 9.72. The summed E-state index contributed by atoms with van der Waals surface area (Å²) in [5.74, 6) is 0. The number of hydrogen-bond donors (Lipinski definition) is 1. The van der Waals surface area contributed by atoms with Crippen molar-refractivity contribution >= 4 is 35.0 Å². The minimum atomic E-state index is 0.300. The molecule has 1 N–H and O–H groups in total. The first-order valence-electron chi connectivity index (χ1n) is 8.07. The van der Waals surface area contributed by atoms with Gasteiger partial charge in [-0.1, -0.05) is 37.8 Å². The zero-order chi connectivity index (χ0) is 17.6. The second kappa shape index (κ2) is 12.8. The van der Waals surface area contributed by atoms with E-state index >= 15 is 0 Å².